The van der Waals surface area contributed by atoms with Gasteiger partial charge in [-0.15, -0.1) is 0 Å². The van der Waals surface area contributed by atoms with Gasteiger partial charge in [0.15, 0.2) is 11.6 Å². The molecule has 34 heavy (non-hydrogen) atoms. The van der Waals surface area contributed by atoms with Crippen molar-refractivity contribution in [2.75, 3.05) is 13.2 Å². The van der Waals surface area contributed by atoms with Crippen LogP contribution in [0.3, 0.4) is 0 Å². The first-order valence-corrected chi connectivity index (χ1v) is 11.9. The maximum Gasteiger partial charge on any atom is 0.227 e. The fourth-order valence-corrected chi connectivity index (χ4v) is 3.69. The minimum absolute atomic E-state index is 0.0545. The molecule has 0 aliphatic carbocycles. The van der Waals surface area contributed by atoms with Crippen LogP contribution in [0.5, 0.6) is 11.6 Å². The lowest BCUT2D eigenvalue weighted by molar-refractivity contribution is -0.0150. The number of nitrogens with zero attached hydrogens (tertiary/aromatic N) is 3. The van der Waals surface area contributed by atoms with E-state index in [-0.39, 0.29) is 24.5 Å². The van der Waals surface area contributed by atoms with Crippen LogP contribution in [0.25, 0.3) is 5.69 Å². The molecule has 1 N–H and O–H groups in total. The number of aliphatic hydroxyl groups is 1. The van der Waals surface area contributed by atoms with E-state index in [1.54, 1.807) is 22.9 Å². The van der Waals surface area contributed by atoms with Crippen molar-refractivity contribution < 1.29 is 19.0 Å². The zero-order valence-electron chi connectivity index (χ0n) is 20.7. The Bertz CT molecular complexity index is 1040. The summed E-state index contributed by atoms with van der Waals surface area (Å²) in [6, 6.07) is 16.2. The highest BCUT2D eigenvalue weighted by atomic mass is 19.1. The average molecular weight is 470 g/mol. The van der Waals surface area contributed by atoms with Gasteiger partial charge in [0.25, 0.3) is 0 Å². The van der Waals surface area contributed by atoms with Crippen LogP contribution in [0.4, 0.5) is 4.39 Å². The summed E-state index contributed by atoms with van der Waals surface area (Å²) >= 11 is 0. The average Bonchev–Trinajstić information content (AvgIpc) is 3.13. The van der Waals surface area contributed by atoms with E-state index in [0.29, 0.717) is 19.0 Å². The van der Waals surface area contributed by atoms with Crippen LogP contribution >= 0.6 is 0 Å². The van der Waals surface area contributed by atoms with E-state index in [9.17, 15) is 9.50 Å². The van der Waals surface area contributed by atoms with Crippen LogP contribution < -0.4 is 4.74 Å². The number of aryl methyl sites for hydroxylation is 1. The molecule has 0 bridgehead atoms. The van der Waals surface area contributed by atoms with Crippen LogP contribution in [-0.4, -0.2) is 51.2 Å². The zero-order chi connectivity index (χ0) is 24.7. The largest absolute Gasteiger partial charge is 0.435 e. The monoisotopic (exact) mass is 469 g/mol. The van der Waals surface area contributed by atoms with E-state index in [2.05, 4.69) is 18.7 Å². The molecule has 1 heterocycles. The Kier molecular flexibility index (Phi) is 9.21. The van der Waals surface area contributed by atoms with Gasteiger partial charge in [-0.2, -0.15) is 5.10 Å². The number of hydrogen-bond acceptors (Lipinski definition) is 5. The van der Waals surface area contributed by atoms with Gasteiger partial charge >= 0.3 is 0 Å². The summed E-state index contributed by atoms with van der Waals surface area (Å²) in [5, 5.41) is 15.4. The van der Waals surface area contributed by atoms with E-state index >= 15 is 0 Å². The third kappa shape index (κ3) is 6.65. The lowest BCUT2D eigenvalue weighted by Gasteiger charge is -2.30. The molecule has 0 saturated heterocycles. The summed E-state index contributed by atoms with van der Waals surface area (Å²) in [6.07, 6.45) is 0.336. The van der Waals surface area contributed by atoms with Gasteiger partial charge in [-0.3, -0.25) is 4.90 Å². The first kappa shape index (κ1) is 25.9. The van der Waals surface area contributed by atoms with Crippen LogP contribution in [-0.2, 0) is 11.3 Å². The Morgan fingerprint density at radius 2 is 1.74 bits per heavy atom. The van der Waals surface area contributed by atoms with E-state index in [4.69, 9.17) is 14.6 Å². The summed E-state index contributed by atoms with van der Waals surface area (Å²) in [5.74, 6) is 0.170. The van der Waals surface area contributed by atoms with E-state index < -0.39 is 11.9 Å². The Labute approximate surface area is 201 Å². The maximum absolute atomic E-state index is 14.5. The van der Waals surface area contributed by atoms with Crippen molar-refractivity contribution in [2.24, 2.45) is 0 Å². The van der Waals surface area contributed by atoms with E-state index in [1.165, 1.54) is 6.07 Å². The molecule has 1 aromatic heterocycles. The topological polar surface area (TPSA) is 59.8 Å². The Morgan fingerprint density at radius 1 is 1.06 bits per heavy atom. The zero-order valence-corrected chi connectivity index (χ0v) is 20.7. The molecule has 6 nitrogen and oxygen atoms in total. The fraction of sp³-hybridized carbons (Fsp3) is 0.444. The number of benzene rings is 2. The highest BCUT2D eigenvalue weighted by Crippen LogP contribution is 2.33. The molecule has 2 aromatic carbocycles. The van der Waals surface area contributed by atoms with Crippen molar-refractivity contribution in [1.29, 1.82) is 0 Å². The third-order valence-electron chi connectivity index (χ3n) is 5.82. The molecule has 0 fully saturated rings. The number of halogens is 1. The Morgan fingerprint density at radius 3 is 2.38 bits per heavy atom. The fourth-order valence-electron chi connectivity index (χ4n) is 3.69. The van der Waals surface area contributed by atoms with Crippen LogP contribution in [0.1, 0.15) is 45.4 Å². The molecule has 184 valence electrons. The highest BCUT2D eigenvalue weighted by Gasteiger charge is 2.25. The molecular weight excluding hydrogens is 433 g/mol. The SMILES string of the molecule is CC[C@@H](C)N(Cc1c(C)nn(-c2ccccc2)c1Oc1ccccc1F)C[C@H](O)COC(C)C. The summed E-state index contributed by atoms with van der Waals surface area (Å²) in [6.45, 7) is 11.3. The summed E-state index contributed by atoms with van der Waals surface area (Å²) in [5.41, 5.74) is 2.46. The minimum atomic E-state index is -0.628. The lowest BCUT2D eigenvalue weighted by atomic mass is 10.1. The number of hydrogen-bond donors (Lipinski definition) is 1. The molecular formula is C27H36FN3O3. The van der Waals surface area contributed by atoms with E-state index in [0.717, 1.165) is 23.4 Å². The summed E-state index contributed by atoms with van der Waals surface area (Å²) in [4.78, 5) is 2.20. The lowest BCUT2D eigenvalue weighted by Crippen LogP contribution is -2.40. The highest BCUT2D eigenvalue weighted by molar-refractivity contribution is 5.43. The molecule has 0 aliphatic rings. The number of para-hydroxylation sites is 2. The van der Waals surface area contributed by atoms with Gasteiger partial charge in [0.1, 0.15) is 0 Å². The number of aromatic nitrogens is 2. The number of ether oxygens (including phenoxy) is 2. The van der Waals surface area contributed by atoms with Gasteiger partial charge in [0.05, 0.1) is 35.8 Å². The van der Waals surface area contributed by atoms with Crippen LogP contribution in [0.15, 0.2) is 54.6 Å². The van der Waals surface area contributed by atoms with Gasteiger partial charge in [0.2, 0.25) is 5.88 Å². The summed E-state index contributed by atoms with van der Waals surface area (Å²) in [7, 11) is 0. The molecule has 0 spiro atoms. The van der Waals surface area contributed by atoms with Gasteiger partial charge < -0.3 is 14.6 Å². The molecule has 3 rings (SSSR count). The Balaban J connectivity index is 1.98. The predicted molar refractivity (Wildman–Crippen MR) is 132 cm³/mol. The molecule has 0 unspecified atom stereocenters. The molecule has 0 radical (unpaired) electrons. The minimum Gasteiger partial charge on any atom is -0.435 e. The van der Waals surface area contributed by atoms with Gasteiger partial charge in [-0.05, 0) is 58.4 Å². The molecule has 7 heteroatoms. The second-order valence-corrected chi connectivity index (χ2v) is 8.87. The van der Waals surface area contributed by atoms with Gasteiger partial charge in [0, 0.05) is 19.1 Å². The quantitative estimate of drug-likeness (QED) is 0.380. The van der Waals surface area contributed by atoms with Crippen LogP contribution in [0.2, 0.25) is 0 Å². The van der Waals surface area contributed by atoms with E-state index in [1.807, 2.05) is 51.1 Å². The second kappa shape index (κ2) is 12.1. The summed E-state index contributed by atoms with van der Waals surface area (Å²) < 4.78 is 28.0. The standard InChI is InChI=1S/C27H36FN3O3/c1-6-20(4)30(16-23(32)18-33-19(2)3)17-24-21(5)29-31(22-12-8-7-9-13-22)27(24)34-26-15-11-10-14-25(26)28/h7-15,19-20,23,32H,6,16-18H2,1-5H3/t20-,23+/m1/s1. The van der Waals surface area contributed by atoms with Crippen molar-refractivity contribution >= 4 is 0 Å². The van der Waals surface area contributed by atoms with Gasteiger partial charge in [-0.1, -0.05) is 37.3 Å². The maximum atomic E-state index is 14.5. The normalized spacial score (nSPS) is 13.4. The van der Waals surface area contributed by atoms with Crippen molar-refractivity contribution in [3.63, 3.8) is 0 Å². The van der Waals surface area contributed by atoms with Crippen molar-refractivity contribution in [3.8, 4) is 17.3 Å². The number of aliphatic hydroxyl groups excluding tert-OH is 1. The third-order valence-corrected chi connectivity index (χ3v) is 5.82. The predicted octanol–water partition coefficient (Wildman–Crippen LogP) is 5.50. The Hall–Kier alpha value is -2.74. The molecule has 0 aliphatic heterocycles. The molecule has 2 atom stereocenters. The molecule has 3 aromatic rings. The first-order chi connectivity index (χ1) is 16.3. The van der Waals surface area contributed by atoms with Crippen molar-refractivity contribution in [2.45, 2.75) is 65.8 Å². The smallest absolute Gasteiger partial charge is 0.227 e. The van der Waals surface area contributed by atoms with Crippen LogP contribution in [0, 0.1) is 12.7 Å². The second-order valence-electron chi connectivity index (χ2n) is 8.87. The number of rotatable bonds is 12. The van der Waals surface area contributed by atoms with Crippen molar-refractivity contribution in [3.05, 3.63) is 71.7 Å². The molecule has 0 saturated carbocycles. The first-order valence-electron chi connectivity index (χ1n) is 11.9. The molecule has 0 amide bonds. The van der Waals surface area contributed by atoms with Gasteiger partial charge in [-0.25, -0.2) is 9.07 Å². The van der Waals surface area contributed by atoms with Crippen molar-refractivity contribution in [1.82, 2.24) is 14.7 Å².